The molecule has 25 heavy (non-hydrogen) atoms. The van der Waals surface area contributed by atoms with Gasteiger partial charge in [-0.25, -0.2) is 14.8 Å². The molecule has 0 aliphatic carbocycles. The van der Waals surface area contributed by atoms with Crippen molar-refractivity contribution in [2.45, 2.75) is 19.4 Å². The lowest BCUT2D eigenvalue weighted by atomic mass is 10.1. The van der Waals surface area contributed by atoms with Gasteiger partial charge >= 0.3 is 6.03 Å². The van der Waals surface area contributed by atoms with Crippen molar-refractivity contribution in [2.24, 2.45) is 4.99 Å². The molecule has 7 heteroatoms. The second-order valence-electron chi connectivity index (χ2n) is 6.50. The molecule has 7 nitrogen and oxygen atoms in total. The third-order valence-electron chi connectivity index (χ3n) is 5.00. The third-order valence-corrected chi connectivity index (χ3v) is 5.00. The highest BCUT2D eigenvalue weighted by molar-refractivity contribution is 5.98. The van der Waals surface area contributed by atoms with E-state index in [9.17, 15) is 4.79 Å². The summed E-state index contributed by atoms with van der Waals surface area (Å²) in [6, 6.07) is 8.03. The van der Waals surface area contributed by atoms with Crippen LogP contribution in [-0.2, 0) is 11.3 Å². The van der Waals surface area contributed by atoms with E-state index >= 15 is 0 Å². The van der Waals surface area contributed by atoms with Crippen LogP contribution in [0.4, 0.5) is 10.5 Å². The van der Waals surface area contributed by atoms with E-state index in [1.165, 1.54) is 0 Å². The fourth-order valence-electron chi connectivity index (χ4n) is 3.77. The minimum absolute atomic E-state index is 0.0672. The Morgan fingerprint density at radius 3 is 2.68 bits per heavy atom. The number of hydrogen-bond donors (Lipinski definition) is 0. The smallest absolute Gasteiger partial charge is 0.324 e. The normalized spacial score (nSPS) is 18.6. The van der Waals surface area contributed by atoms with E-state index in [4.69, 9.17) is 4.74 Å². The molecule has 4 heterocycles. The lowest BCUT2D eigenvalue weighted by Crippen LogP contribution is -2.44. The number of aliphatic imine (C=N–C) groups is 1. The van der Waals surface area contributed by atoms with Crippen LogP contribution in [0.3, 0.4) is 0 Å². The highest BCUT2D eigenvalue weighted by Gasteiger charge is 2.33. The molecule has 5 rings (SSSR count). The van der Waals surface area contributed by atoms with Gasteiger partial charge < -0.3 is 9.64 Å². The lowest BCUT2D eigenvalue weighted by molar-refractivity contribution is 0.214. The zero-order valence-electron chi connectivity index (χ0n) is 13.9. The van der Waals surface area contributed by atoms with Gasteiger partial charge in [-0.3, -0.25) is 9.47 Å². The van der Waals surface area contributed by atoms with Crippen LogP contribution in [0.2, 0.25) is 0 Å². The molecule has 0 atom stereocenters. The van der Waals surface area contributed by atoms with Gasteiger partial charge in [0.1, 0.15) is 18.6 Å². The minimum atomic E-state index is 0.0672. The van der Waals surface area contributed by atoms with Crippen LogP contribution in [0.5, 0.6) is 0 Å². The van der Waals surface area contributed by atoms with E-state index in [1.807, 2.05) is 38.6 Å². The number of likely N-dealkylation sites (tertiary alicyclic amines) is 1. The largest absolute Gasteiger partial charge is 0.474 e. The molecule has 2 aromatic rings. The number of nitrogens with zero attached hydrogens (tertiary/aromatic N) is 5. The molecular weight excluding hydrogens is 318 g/mol. The van der Waals surface area contributed by atoms with Gasteiger partial charge in [0.15, 0.2) is 0 Å². The van der Waals surface area contributed by atoms with Gasteiger partial charge in [0.25, 0.3) is 0 Å². The minimum Gasteiger partial charge on any atom is -0.474 e. The first-order valence-electron chi connectivity index (χ1n) is 8.72. The number of carbonyl (C=O) groups is 1. The number of rotatable bonds is 1. The number of carbonyl (C=O) groups excluding carboxylic acids is 1. The molecule has 0 radical (unpaired) electrons. The summed E-state index contributed by atoms with van der Waals surface area (Å²) in [6.45, 7) is 3.40. The molecule has 2 amide bonds. The Morgan fingerprint density at radius 1 is 1.12 bits per heavy atom. The van der Waals surface area contributed by atoms with Crippen LogP contribution in [0.15, 0.2) is 35.6 Å². The summed E-state index contributed by atoms with van der Waals surface area (Å²) in [7, 11) is 0. The van der Waals surface area contributed by atoms with Crippen LogP contribution in [0.1, 0.15) is 24.2 Å². The third kappa shape index (κ3) is 2.22. The second kappa shape index (κ2) is 5.61. The molecular formula is C18H19N5O2. The number of ether oxygens (including phenoxy) is 1. The van der Waals surface area contributed by atoms with Crippen molar-refractivity contribution in [3.05, 3.63) is 42.0 Å². The van der Waals surface area contributed by atoms with Crippen molar-refractivity contribution in [1.29, 1.82) is 0 Å². The number of fused-ring (bicyclic) bond motifs is 3. The van der Waals surface area contributed by atoms with E-state index in [1.54, 1.807) is 6.33 Å². The fraction of sp³-hybridized carbons (Fsp3) is 0.389. The number of hydrogen-bond acceptors (Lipinski definition) is 4. The van der Waals surface area contributed by atoms with E-state index in [2.05, 4.69) is 9.98 Å². The molecule has 1 aromatic carbocycles. The highest BCUT2D eigenvalue weighted by Crippen LogP contribution is 2.34. The topological polar surface area (TPSA) is 63.0 Å². The van der Waals surface area contributed by atoms with Crippen molar-refractivity contribution >= 4 is 17.6 Å². The first kappa shape index (κ1) is 14.5. The summed E-state index contributed by atoms with van der Waals surface area (Å²) < 4.78 is 7.65. The summed E-state index contributed by atoms with van der Waals surface area (Å²) >= 11 is 0. The first-order valence-corrected chi connectivity index (χ1v) is 8.72. The summed E-state index contributed by atoms with van der Waals surface area (Å²) in [5.41, 5.74) is 3.58. The van der Waals surface area contributed by atoms with E-state index in [0.717, 1.165) is 48.7 Å². The maximum Gasteiger partial charge on any atom is 0.324 e. The van der Waals surface area contributed by atoms with E-state index < -0.39 is 0 Å². The van der Waals surface area contributed by atoms with Crippen molar-refractivity contribution < 1.29 is 9.53 Å². The predicted molar refractivity (Wildman–Crippen MR) is 93.3 cm³/mol. The summed E-state index contributed by atoms with van der Waals surface area (Å²) in [5.74, 6) is 0.585. The Kier molecular flexibility index (Phi) is 3.26. The van der Waals surface area contributed by atoms with Gasteiger partial charge in [-0.15, -0.1) is 0 Å². The molecule has 0 bridgehead atoms. The number of imidazole rings is 1. The van der Waals surface area contributed by atoms with Gasteiger partial charge in [0, 0.05) is 13.1 Å². The quantitative estimate of drug-likeness (QED) is 0.801. The van der Waals surface area contributed by atoms with E-state index in [-0.39, 0.29) is 6.03 Å². The lowest BCUT2D eigenvalue weighted by Gasteiger charge is -2.33. The molecule has 0 spiro atoms. The second-order valence-corrected chi connectivity index (χ2v) is 6.50. The number of aromatic nitrogens is 2. The predicted octanol–water partition coefficient (Wildman–Crippen LogP) is 2.18. The zero-order chi connectivity index (χ0) is 16.8. The molecule has 0 unspecified atom stereocenters. The van der Waals surface area contributed by atoms with Crippen molar-refractivity contribution in [1.82, 2.24) is 14.5 Å². The maximum absolute atomic E-state index is 13.1. The average molecular weight is 337 g/mol. The fourth-order valence-corrected chi connectivity index (χ4v) is 3.77. The van der Waals surface area contributed by atoms with Gasteiger partial charge in [-0.1, -0.05) is 12.1 Å². The molecule has 1 fully saturated rings. The van der Waals surface area contributed by atoms with Crippen LogP contribution >= 0.6 is 0 Å². The first-order chi connectivity index (χ1) is 12.3. The number of anilines is 1. The zero-order valence-corrected chi connectivity index (χ0v) is 13.9. The van der Waals surface area contributed by atoms with Gasteiger partial charge in [-0.2, -0.15) is 0 Å². The number of para-hydroxylation sites is 2. The van der Waals surface area contributed by atoms with Crippen molar-refractivity contribution in [2.75, 3.05) is 31.1 Å². The van der Waals surface area contributed by atoms with Gasteiger partial charge in [0.2, 0.25) is 5.90 Å². The Balaban J connectivity index is 1.60. The summed E-state index contributed by atoms with van der Waals surface area (Å²) in [6.07, 6.45) is 3.95. The van der Waals surface area contributed by atoms with Gasteiger partial charge in [0.05, 0.1) is 30.2 Å². The molecule has 0 N–H and O–H groups in total. The monoisotopic (exact) mass is 337 g/mol. The molecule has 3 aliphatic rings. The molecule has 1 saturated heterocycles. The maximum atomic E-state index is 13.1. The number of urea groups is 1. The van der Waals surface area contributed by atoms with Crippen LogP contribution < -0.4 is 4.90 Å². The van der Waals surface area contributed by atoms with Crippen molar-refractivity contribution in [3.8, 4) is 5.69 Å². The Bertz CT molecular complexity index is 866. The molecule has 128 valence electrons. The number of amides is 2. The Hall–Kier alpha value is -2.83. The summed E-state index contributed by atoms with van der Waals surface area (Å²) in [5, 5.41) is 0. The Morgan fingerprint density at radius 2 is 1.92 bits per heavy atom. The average Bonchev–Trinajstić information content (AvgIpc) is 3.41. The van der Waals surface area contributed by atoms with Gasteiger partial charge in [-0.05, 0) is 25.0 Å². The van der Waals surface area contributed by atoms with Crippen LogP contribution in [0, 0.1) is 0 Å². The SMILES string of the molecule is O=C(N1CCCC1)N1Cc2c(C3=NCCO3)ncn2-c2ccccc21. The standard InChI is InChI=1S/C18H19N5O2/c24-18(21-8-3-4-9-21)22-11-15-16(17-19-7-10-25-17)20-12-23(15)14-6-2-1-5-13(14)22/h1-2,5-6,12H,3-4,7-11H2. The highest BCUT2D eigenvalue weighted by atomic mass is 16.5. The summed E-state index contributed by atoms with van der Waals surface area (Å²) in [4.78, 5) is 25.8. The molecule has 1 aromatic heterocycles. The van der Waals surface area contributed by atoms with Crippen LogP contribution in [0.25, 0.3) is 5.69 Å². The molecule has 3 aliphatic heterocycles. The van der Waals surface area contributed by atoms with E-state index in [0.29, 0.717) is 25.6 Å². The van der Waals surface area contributed by atoms with Crippen LogP contribution in [-0.4, -0.2) is 52.6 Å². The van der Waals surface area contributed by atoms with Crippen molar-refractivity contribution in [3.63, 3.8) is 0 Å². The Labute approximate surface area is 145 Å². The number of benzene rings is 1. The molecule has 0 saturated carbocycles.